The minimum absolute atomic E-state index is 0.214. The maximum absolute atomic E-state index is 11.8. The number of phenolic OH excluding ortho intramolecular Hbond substituents is 2. The van der Waals surface area contributed by atoms with Gasteiger partial charge in [0.25, 0.3) is 0 Å². The van der Waals surface area contributed by atoms with Crippen LogP contribution in [0.25, 0.3) is 0 Å². The summed E-state index contributed by atoms with van der Waals surface area (Å²) in [5.41, 5.74) is 3.80. The SMILES string of the molecule is C/C(=C/C(=O)CC(C)C)CCC/C(C)=C/Cc1cc(O)c(C)cc1O. The molecule has 0 aromatic heterocycles. The van der Waals surface area contributed by atoms with Crippen molar-refractivity contribution in [2.75, 3.05) is 0 Å². The van der Waals surface area contributed by atoms with Crippen LogP contribution in [-0.4, -0.2) is 16.0 Å². The van der Waals surface area contributed by atoms with E-state index in [0.717, 1.165) is 30.4 Å². The Labute approximate surface area is 152 Å². The molecule has 0 heterocycles. The van der Waals surface area contributed by atoms with Gasteiger partial charge < -0.3 is 10.2 Å². The zero-order valence-corrected chi connectivity index (χ0v) is 16.2. The van der Waals surface area contributed by atoms with Crippen LogP contribution in [-0.2, 0) is 11.2 Å². The maximum Gasteiger partial charge on any atom is 0.155 e. The van der Waals surface area contributed by atoms with Gasteiger partial charge in [0.1, 0.15) is 11.5 Å². The fourth-order valence-corrected chi connectivity index (χ4v) is 2.73. The number of allylic oxidation sites excluding steroid dienone is 4. The van der Waals surface area contributed by atoms with Gasteiger partial charge in [0.2, 0.25) is 0 Å². The molecule has 1 aromatic carbocycles. The van der Waals surface area contributed by atoms with Crippen molar-refractivity contribution in [1.29, 1.82) is 0 Å². The van der Waals surface area contributed by atoms with Gasteiger partial charge >= 0.3 is 0 Å². The predicted molar refractivity (Wildman–Crippen MR) is 104 cm³/mol. The van der Waals surface area contributed by atoms with Crippen molar-refractivity contribution in [3.63, 3.8) is 0 Å². The first-order valence-electron chi connectivity index (χ1n) is 9.06. The highest BCUT2D eigenvalue weighted by atomic mass is 16.3. The highest BCUT2D eigenvalue weighted by Gasteiger charge is 2.05. The second kappa shape index (κ2) is 10.1. The molecule has 0 spiro atoms. The molecule has 25 heavy (non-hydrogen) atoms. The molecule has 0 fully saturated rings. The van der Waals surface area contributed by atoms with Crippen LogP contribution in [0.15, 0.2) is 35.4 Å². The lowest BCUT2D eigenvalue weighted by Crippen LogP contribution is -1.99. The number of carbonyl (C=O) groups excluding carboxylic acids is 1. The van der Waals surface area contributed by atoms with Gasteiger partial charge in [-0.25, -0.2) is 0 Å². The van der Waals surface area contributed by atoms with Crippen molar-refractivity contribution < 1.29 is 15.0 Å². The monoisotopic (exact) mass is 344 g/mol. The fraction of sp³-hybridized carbons (Fsp3) is 0.500. The van der Waals surface area contributed by atoms with Crippen LogP contribution < -0.4 is 0 Å². The Morgan fingerprint density at radius 3 is 2.36 bits per heavy atom. The molecule has 2 N–H and O–H groups in total. The first-order valence-corrected chi connectivity index (χ1v) is 9.06. The van der Waals surface area contributed by atoms with Gasteiger partial charge in [0, 0.05) is 12.0 Å². The quantitative estimate of drug-likeness (QED) is 0.347. The molecule has 0 aliphatic rings. The van der Waals surface area contributed by atoms with Gasteiger partial charge in [-0.1, -0.05) is 31.1 Å². The Balaban J connectivity index is 2.48. The molecule has 0 unspecified atom stereocenters. The molecule has 0 radical (unpaired) electrons. The van der Waals surface area contributed by atoms with Crippen LogP contribution >= 0.6 is 0 Å². The van der Waals surface area contributed by atoms with E-state index in [1.165, 1.54) is 5.57 Å². The maximum atomic E-state index is 11.8. The minimum atomic E-state index is 0.214. The average Bonchev–Trinajstić information content (AvgIpc) is 2.48. The minimum Gasteiger partial charge on any atom is -0.508 e. The molecule has 0 saturated carbocycles. The summed E-state index contributed by atoms with van der Waals surface area (Å²) < 4.78 is 0. The lowest BCUT2D eigenvalue weighted by molar-refractivity contribution is -0.115. The Kier molecular flexibility index (Phi) is 8.47. The summed E-state index contributed by atoms with van der Waals surface area (Å²) in [6, 6.07) is 3.22. The summed E-state index contributed by atoms with van der Waals surface area (Å²) in [5.74, 6) is 1.06. The molecular formula is C22H32O3. The van der Waals surface area contributed by atoms with Gasteiger partial charge in [-0.05, 0) is 76.1 Å². The molecule has 0 aliphatic carbocycles. The molecule has 0 bridgehead atoms. The van der Waals surface area contributed by atoms with Crippen molar-refractivity contribution in [1.82, 2.24) is 0 Å². The van der Waals surface area contributed by atoms with E-state index in [4.69, 9.17) is 0 Å². The second-order valence-electron chi connectivity index (χ2n) is 7.43. The van der Waals surface area contributed by atoms with E-state index in [1.807, 2.05) is 6.92 Å². The number of phenols is 2. The zero-order valence-electron chi connectivity index (χ0n) is 16.2. The Hall–Kier alpha value is -2.03. The van der Waals surface area contributed by atoms with Crippen LogP contribution in [0.4, 0.5) is 0 Å². The molecular weight excluding hydrogens is 312 g/mol. The number of carbonyl (C=O) groups is 1. The predicted octanol–water partition coefficient (Wildman–Crippen LogP) is 5.63. The third-order valence-electron chi connectivity index (χ3n) is 4.23. The van der Waals surface area contributed by atoms with Crippen molar-refractivity contribution >= 4 is 5.78 Å². The number of hydrogen-bond acceptors (Lipinski definition) is 3. The number of ketones is 1. The molecule has 0 aliphatic heterocycles. The summed E-state index contributed by atoms with van der Waals surface area (Å²) >= 11 is 0. The molecule has 1 aromatic rings. The standard InChI is InChI=1S/C22H32O3/c1-15(2)11-20(23)12-17(4)8-6-7-16(3)9-10-19-14-21(24)18(5)13-22(19)25/h9,12-15,24-25H,6-8,10-11H2,1-5H3/b16-9+,17-12-. The van der Waals surface area contributed by atoms with Crippen LogP contribution in [0.3, 0.4) is 0 Å². The van der Waals surface area contributed by atoms with E-state index in [-0.39, 0.29) is 17.3 Å². The molecule has 0 saturated heterocycles. The molecule has 0 amide bonds. The molecule has 3 nitrogen and oxygen atoms in total. The third-order valence-corrected chi connectivity index (χ3v) is 4.23. The van der Waals surface area contributed by atoms with Crippen LogP contribution in [0.2, 0.25) is 0 Å². The number of rotatable bonds is 9. The van der Waals surface area contributed by atoms with Crippen molar-refractivity contribution in [2.24, 2.45) is 5.92 Å². The van der Waals surface area contributed by atoms with Crippen LogP contribution in [0, 0.1) is 12.8 Å². The van der Waals surface area contributed by atoms with Gasteiger partial charge in [-0.2, -0.15) is 0 Å². The summed E-state index contributed by atoms with van der Waals surface area (Å²) in [4.78, 5) is 11.8. The van der Waals surface area contributed by atoms with Gasteiger partial charge in [0.15, 0.2) is 5.78 Å². The van der Waals surface area contributed by atoms with Gasteiger partial charge in [-0.15, -0.1) is 0 Å². The number of aromatic hydroxyl groups is 2. The summed E-state index contributed by atoms with van der Waals surface area (Å²) in [7, 11) is 0. The lowest BCUT2D eigenvalue weighted by atomic mass is 10.0. The topological polar surface area (TPSA) is 57.5 Å². The smallest absolute Gasteiger partial charge is 0.155 e. The summed E-state index contributed by atoms with van der Waals surface area (Å²) in [6.07, 6.45) is 7.98. The normalized spacial score (nSPS) is 12.7. The van der Waals surface area contributed by atoms with Gasteiger partial charge in [0.05, 0.1) is 0 Å². The van der Waals surface area contributed by atoms with Crippen molar-refractivity contribution in [3.05, 3.63) is 46.6 Å². The largest absolute Gasteiger partial charge is 0.508 e. The first kappa shape index (κ1) is 21.0. The molecule has 1 rings (SSSR count). The first-order chi connectivity index (χ1) is 11.7. The number of hydrogen-bond donors (Lipinski definition) is 2. The van der Waals surface area contributed by atoms with Crippen molar-refractivity contribution in [3.8, 4) is 11.5 Å². The van der Waals surface area contributed by atoms with Gasteiger partial charge in [-0.3, -0.25) is 4.79 Å². The molecule has 3 heteroatoms. The zero-order chi connectivity index (χ0) is 19.0. The van der Waals surface area contributed by atoms with E-state index in [1.54, 1.807) is 25.1 Å². The Morgan fingerprint density at radius 1 is 1.08 bits per heavy atom. The summed E-state index contributed by atoms with van der Waals surface area (Å²) in [5, 5.41) is 19.7. The second-order valence-corrected chi connectivity index (χ2v) is 7.43. The highest BCUT2D eigenvalue weighted by Crippen LogP contribution is 2.27. The summed E-state index contributed by atoms with van der Waals surface area (Å²) in [6.45, 7) is 9.97. The Bertz CT molecular complexity index is 651. The number of benzene rings is 1. The average molecular weight is 344 g/mol. The van der Waals surface area contributed by atoms with E-state index < -0.39 is 0 Å². The van der Waals surface area contributed by atoms with E-state index in [9.17, 15) is 15.0 Å². The third kappa shape index (κ3) is 8.06. The Morgan fingerprint density at radius 2 is 1.72 bits per heavy atom. The fourth-order valence-electron chi connectivity index (χ4n) is 2.73. The van der Waals surface area contributed by atoms with E-state index >= 15 is 0 Å². The molecule has 0 atom stereocenters. The lowest BCUT2D eigenvalue weighted by Gasteiger charge is -2.07. The van der Waals surface area contributed by atoms with E-state index in [0.29, 0.717) is 24.3 Å². The van der Waals surface area contributed by atoms with Crippen molar-refractivity contribution in [2.45, 2.75) is 66.7 Å². The molecule has 138 valence electrons. The van der Waals surface area contributed by atoms with E-state index in [2.05, 4.69) is 26.8 Å². The number of aryl methyl sites for hydroxylation is 1. The van der Waals surface area contributed by atoms with Crippen LogP contribution in [0.1, 0.15) is 64.5 Å². The highest BCUT2D eigenvalue weighted by molar-refractivity contribution is 5.90. The van der Waals surface area contributed by atoms with Crippen LogP contribution in [0.5, 0.6) is 11.5 Å².